The van der Waals surface area contributed by atoms with Crippen LogP contribution in [0.15, 0.2) is 24.3 Å². The van der Waals surface area contributed by atoms with Gasteiger partial charge in [-0.2, -0.15) is 0 Å². The number of aliphatic hydroxyl groups is 5. The first-order valence-corrected chi connectivity index (χ1v) is 33.1. The van der Waals surface area contributed by atoms with Crippen molar-refractivity contribution in [1.29, 1.82) is 0 Å². The standard InChI is InChI=1S/C66H127NO8/c1-3-5-7-9-11-13-15-17-19-21-23-24-25-26-27-28-29-30-31-32-33-34-35-36-38-39-41-43-45-47-49-51-53-55-60(69)59(58-74-66-65(73)64(72)63(71)61(57-68)75-66)67-62(70)56-54-52-50-48-46-44-42-40-37-22-20-18-16-14-12-10-8-6-4-2/h45,47,53,55,59-61,63-66,68-69,71-73H,3-44,46,48-52,54,56-58H2,1-2H3,(H,67,70)/b47-45+,55-53+. The van der Waals surface area contributed by atoms with Crippen LogP contribution < -0.4 is 5.32 Å². The number of aliphatic hydroxyl groups excluding tert-OH is 5. The molecule has 1 amide bonds. The fourth-order valence-corrected chi connectivity index (χ4v) is 10.8. The molecule has 0 spiro atoms. The zero-order valence-corrected chi connectivity index (χ0v) is 49.6. The fourth-order valence-electron chi connectivity index (χ4n) is 10.8. The molecule has 0 aromatic rings. The summed E-state index contributed by atoms with van der Waals surface area (Å²) < 4.78 is 11.3. The summed E-state index contributed by atoms with van der Waals surface area (Å²) in [6.45, 7) is 3.81. The van der Waals surface area contributed by atoms with Gasteiger partial charge >= 0.3 is 0 Å². The molecule has 7 atom stereocenters. The van der Waals surface area contributed by atoms with Crippen LogP contribution in [0.5, 0.6) is 0 Å². The Bertz CT molecular complexity index is 1230. The van der Waals surface area contributed by atoms with Crippen molar-refractivity contribution in [1.82, 2.24) is 5.32 Å². The number of ether oxygens (including phenoxy) is 2. The number of hydrogen-bond donors (Lipinski definition) is 6. The molecule has 1 fully saturated rings. The molecule has 0 aliphatic carbocycles. The van der Waals surface area contributed by atoms with E-state index in [0.29, 0.717) is 6.42 Å². The minimum Gasteiger partial charge on any atom is -0.394 e. The zero-order chi connectivity index (χ0) is 54.3. The number of amides is 1. The molecular formula is C66H127NO8. The van der Waals surface area contributed by atoms with Crippen LogP contribution in [0.1, 0.15) is 335 Å². The Balaban J connectivity index is 2.14. The van der Waals surface area contributed by atoms with Crippen LogP contribution in [0.3, 0.4) is 0 Å². The van der Waals surface area contributed by atoms with Crippen LogP contribution in [0.4, 0.5) is 0 Å². The van der Waals surface area contributed by atoms with Crippen molar-refractivity contribution < 1.29 is 39.8 Å². The van der Waals surface area contributed by atoms with Gasteiger partial charge in [-0.15, -0.1) is 0 Å². The predicted molar refractivity (Wildman–Crippen MR) is 318 cm³/mol. The van der Waals surface area contributed by atoms with Gasteiger partial charge in [0.05, 0.1) is 25.4 Å². The Kier molecular flexibility index (Phi) is 53.5. The lowest BCUT2D eigenvalue weighted by atomic mass is 9.99. The van der Waals surface area contributed by atoms with Gasteiger partial charge in [0.25, 0.3) is 0 Å². The van der Waals surface area contributed by atoms with Crippen LogP contribution in [-0.2, 0) is 14.3 Å². The Hall–Kier alpha value is -1.33. The molecule has 75 heavy (non-hydrogen) atoms. The molecular weight excluding hydrogens is 935 g/mol. The summed E-state index contributed by atoms with van der Waals surface area (Å²) >= 11 is 0. The van der Waals surface area contributed by atoms with Gasteiger partial charge in [0.1, 0.15) is 24.4 Å². The average Bonchev–Trinajstić information content (AvgIpc) is 3.41. The molecule has 1 aliphatic rings. The summed E-state index contributed by atoms with van der Waals surface area (Å²) in [5.74, 6) is -0.180. The molecule has 9 nitrogen and oxygen atoms in total. The summed E-state index contributed by atoms with van der Waals surface area (Å²) in [6.07, 6.45) is 65.7. The van der Waals surface area contributed by atoms with Gasteiger partial charge in [-0.25, -0.2) is 0 Å². The van der Waals surface area contributed by atoms with E-state index in [9.17, 15) is 30.3 Å². The molecule has 0 bridgehead atoms. The number of nitrogens with one attached hydrogen (secondary N) is 1. The number of rotatable bonds is 58. The van der Waals surface area contributed by atoms with E-state index in [1.807, 2.05) is 6.08 Å². The topological polar surface area (TPSA) is 149 Å². The lowest BCUT2D eigenvalue weighted by molar-refractivity contribution is -0.302. The van der Waals surface area contributed by atoms with Crippen LogP contribution in [0.25, 0.3) is 0 Å². The molecule has 0 saturated carbocycles. The van der Waals surface area contributed by atoms with Crippen molar-refractivity contribution in [3.05, 3.63) is 24.3 Å². The number of allylic oxidation sites excluding steroid dienone is 3. The van der Waals surface area contributed by atoms with E-state index >= 15 is 0 Å². The van der Waals surface area contributed by atoms with Crippen molar-refractivity contribution >= 4 is 5.91 Å². The van der Waals surface area contributed by atoms with Gasteiger partial charge in [-0.3, -0.25) is 4.79 Å². The molecule has 1 heterocycles. The highest BCUT2D eigenvalue weighted by atomic mass is 16.7. The predicted octanol–water partition coefficient (Wildman–Crippen LogP) is 17.3. The maximum absolute atomic E-state index is 13.1. The summed E-state index contributed by atoms with van der Waals surface area (Å²) in [4.78, 5) is 13.1. The van der Waals surface area contributed by atoms with E-state index in [-0.39, 0.29) is 12.5 Å². The highest BCUT2D eigenvalue weighted by molar-refractivity contribution is 5.76. The summed E-state index contributed by atoms with van der Waals surface area (Å²) in [6, 6.07) is -0.819. The third-order valence-electron chi connectivity index (χ3n) is 16.0. The molecule has 0 aromatic heterocycles. The van der Waals surface area contributed by atoms with Crippen molar-refractivity contribution in [3.63, 3.8) is 0 Å². The van der Waals surface area contributed by atoms with Gasteiger partial charge in [0, 0.05) is 6.42 Å². The maximum Gasteiger partial charge on any atom is 0.220 e. The molecule has 1 aliphatic heterocycles. The van der Waals surface area contributed by atoms with Crippen LogP contribution in [-0.4, -0.2) is 87.5 Å². The molecule has 0 radical (unpaired) electrons. The van der Waals surface area contributed by atoms with E-state index in [0.717, 1.165) is 38.5 Å². The first-order chi connectivity index (χ1) is 36.8. The smallest absolute Gasteiger partial charge is 0.220 e. The van der Waals surface area contributed by atoms with E-state index in [1.165, 1.54) is 276 Å². The highest BCUT2D eigenvalue weighted by Gasteiger charge is 2.44. The Labute approximate surface area is 464 Å². The van der Waals surface area contributed by atoms with Crippen molar-refractivity contribution in [2.24, 2.45) is 0 Å². The number of unbranched alkanes of at least 4 members (excludes halogenated alkanes) is 46. The van der Waals surface area contributed by atoms with Crippen molar-refractivity contribution in [2.45, 2.75) is 378 Å². The number of carbonyl (C=O) groups is 1. The lowest BCUT2D eigenvalue weighted by Crippen LogP contribution is -2.60. The highest BCUT2D eigenvalue weighted by Crippen LogP contribution is 2.23. The normalized spacial score (nSPS) is 18.9. The first kappa shape index (κ1) is 71.7. The Morgan fingerprint density at radius 2 is 0.760 bits per heavy atom. The molecule has 444 valence electrons. The quantitative estimate of drug-likeness (QED) is 0.0261. The van der Waals surface area contributed by atoms with Crippen molar-refractivity contribution in [3.8, 4) is 0 Å². The molecule has 0 aromatic carbocycles. The third kappa shape index (κ3) is 45.1. The largest absolute Gasteiger partial charge is 0.394 e. The van der Waals surface area contributed by atoms with Gasteiger partial charge in [0.2, 0.25) is 5.91 Å². The monoisotopic (exact) mass is 1060 g/mol. The summed E-state index contributed by atoms with van der Waals surface area (Å²) in [5, 5.41) is 54.6. The zero-order valence-electron chi connectivity index (χ0n) is 49.6. The number of hydrogen-bond acceptors (Lipinski definition) is 8. The molecule has 1 rings (SSSR count). The molecule has 6 N–H and O–H groups in total. The number of carbonyl (C=O) groups excluding carboxylic acids is 1. The SMILES string of the molecule is CCCCCCCCCCCCCCCCCCCCCCCCCCCCC/C=C/CC/C=C/C(O)C(COC1OC(CO)C(O)C(O)C1O)NC(=O)CCCCCCCCCCCCCCCCCCCCC. The van der Waals surface area contributed by atoms with Crippen LogP contribution in [0, 0.1) is 0 Å². The van der Waals surface area contributed by atoms with Crippen molar-refractivity contribution in [2.75, 3.05) is 13.2 Å². The average molecular weight is 1060 g/mol. The third-order valence-corrected chi connectivity index (χ3v) is 16.0. The summed E-state index contributed by atoms with van der Waals surface area (Å²) in [5.41, 5.74) is 0. The van der Waals surface area contributed by atoms with Gasteiger partial charge in [-0.05, 0) is 32.1 Å². The van der Waals surface area contributed by atoms with Gasteiger partial charge in [0.15, 0.2) is 6.29 Å². The first-order valence-electron chi connectivity index (χ1n) is 33.1. The summed E-state index contributed by atoms with van der Waals surface area (Å²) in [7, 11) is 0. The Morgan fingerprint density at radius 1 is 0.440 bits per heavy atom. The minimum atomic E-state index is -1.57. The van der Waals surface area contributed by atoms with Gasteiger partial charge < -0.3 is 40.3 Å². The fraction of sp³-hybridized carbons (Fsp3) is 0.924. The van der Waals surface area contributed by atoms with E-state index in [4.69, 9.17) is 9.47 Å². The molecule has 1 saturated heterocycles. The van der Waals surface area contributed by atoms with E-state index < -0.39 is 49.5 Å². The lowest BCUT2D eigenvalue weighted by Gasteiger charge is -2.40. The second-order valence-corrected chi connectivity index (χ2v) is 23.3. The second kappa shape index (κ2) is 56.0. The second-order valence-electron chi connectivity index (χ2n) is 23.3. The molecule has 9 heteroatoms. The maximum atomic E-state index is 13.1. The van der Waals surface area contributed by atoms with Gasteiger partial charge in [-0.1, -0.05) is 321 Å². The van der Waals surface area contributed by atoms with Crippen LogP contribution in [0.2, 0.25) is 0 Å². The van der Waals surface area contributed by atoms with Crippen LogP contribution >= 0.6 is 0 Å². The minimum absolute atomic E-state index is 0.180. The molecule has 7 unspecified atom stereocenters. The Morgan fingerprint density at radius 3 is 1.12 bits per heavy atom. The van der Waals surface area contributed by atoms with E-state index in [1.54, 1.807) is 6.08 Å². The van der Waals surface area contributed by atoms with E-state index in [2.05, 4.69) is 31.3 Å².